The predicted molar refractivity (Wildman–Crippen MR) is 111 cm³/mol. The number of halogens is 1. The lowest BCUT2D eigenvalue weighted by Crippen LogP contribution is -2.35. The molecular formula is C19H21ClN6. The number of fused-ring (bicyclic) bond motifs is 2. The molecule has 134 valence electrons. The molecule has 0 spiro atoms. The second-order valence-electron chi connectivity index (χ2n) is 6.37. The minimum Gasteiger partial charge on any atom is -0.326 e. The van der Waals surface area contributed by atoms with E-state index in [2.05, 4.69) is 55.5 Å². The van der Waals surface area contributed by atoms with E-state index in [0.29, 0.717) is 6.54 Å². The Morgan fingerprint density at radius 3 is 2.73 bits per heavy atom. The number of aliphatic imine (C=N–C) groups is 4. The maximum absolute atomic E-state index is 4.78. The number of benzene rings is 2. The highest BCUT2D eigenvalue weighted by Crippen LogP contribution is 2.19. The lowest BCUT2D eigenvalue weighted by molar-refractivity contribution is 0.420. The Balaban J connectivity index is 0.00000196. The molecule has 0 aromatic heterocycles. The van der Waals surface area contributed by atoms with Crippen molar-refractivity contribution in [2.24, 2.45) is 20.0 Å². The molecule has 0 saturated carbocycles. The van der Waals surface area contributed by atoms with Crippen LogP contribution < -0.4 is 5.32 Å². The molecule has 2 aliphatic rings. The molecule has 0 saturated heterocycles. The van der Waals surface area contributed by atoms with Gasteiger partial charge < -0.3 is 10.2 Å². The van der Waals surface area contributed by atoms with Gasteiger partial charge in [0.05, 0.1) is 6.54 Å². The third-order valence-corrected chi connectivity index (χ3v) is 4.24. The topological polar surface area (TPSA) is 64.7 Å². The first-order valence-corrected chi connectivity index (χ1v) is 8.34. The molecule has 26 heavy (non-hydrogen) atoms. The number of hydrogen-bond donors (Lipinski definition) is 1. The molecule has 2 aromatic rings. The quantitative estimate of drug-likeness (QED) is 0.900. The van der Waals surface area contributed by atoms with E-state index < -0.39 is 0 Å². The highest BCUT2D eigenvalue weighted by atomic mass is 35.5. The maximum Gasteiger partial charge on any atom is 0.169 e. The van der Waals surface area contributed by atoms with E-state index in [0.717, 1.165) is 29.6 Å². The highest BCUT2D eigenvalue weighted by molar-refractivity contribution is 6.26. The van der Waals surface area contributed by atoms with Crippen LogP contribution in [0.25, 0.3) is 10.8 Å². The zero-order valence-corrected chi connectivity index (χ0v) is 15.6. The van der Waals surface area contributed by atoms with Gasteiger partial charge in [-0.25, -0.2) is 15.0 Å². The Morgan fingerprint density at radius 1 is 1.12 bits per heavy atom. The second kappa shape index (κ2) is 7.76. The lowest BCUT2D eigenvalue weighted by Gasteiger charge is -2.12. The molecular weight excluding hydrogens is 348 g/mol. The maximum atomic E-state index is 4.78. The first kappa shape index (κ1) is 18.2. The van der Waals surface area contributed by atoms with E-state index >= 15 is 0 Å². The smallest absolute Gasteiger partial charge is 0.169 e. The summed E-state index contributed by atoms with van der Waals surface area (Å²) in [6.07, 6.45) is 1.55. The summed E-state index contributed by atoms with van der Waals surface area (Å²) in [5, 5.41) is 5.73. The number of rotatable bonds is 4. The standard InChI is InChI=1S/C19H20N6.ClH/c1-25(2)10-9-20-18-16-19(22-12-21-18)24-17(23-16)15-8-7-13-5-3-4-6-14(13)11-15;/h3-8,11-12,16H,9-10H2,1-2H3,(H,20,21,22,23,24);1H. The van der Waals surface area contributed by atoms with Crippen LogP contribution in [0.15, 0.2) is 62.4 Å². The van der Waals surface area contributed by atoms with E-state index in [4.69, 9.17) is 4.99 Å². The van der Waals surface area contributed by atoms with Crippen molar-refractivity contribution in [3.63, 3.8) is 0 Å². The Kier molecular flexibility index (Phi) is 5.44. The molecule has 1 atom stereocenters. The van der Waals surface area contributed by atoms with E-state index in [1.807, 2.05) is 26.2 Å². The molecule has 1 unspecified atom stereocenters. The van der Waals surface area contributed by atoms with Gasteiger partial charge in [0.1, 0.15) is 18.0 Å². The van der Waals surface area contributed by atoms with Gasteiger partial charge in [0.15, 0.2) is 11.9 Å². The van der Waals surface area contributed by atoms with Gasteiger partial charge in [-0.3, -0.25) is 4.99 Å². The van der Waals surface area contributed by atoms with Gasteiger partial charge in [-0.1, -0.05) is 36.4 Å². The minimum atomic E-state index is -0.228. The normalized spacial score (nSPS) is 19.8. The molecule has 4 rings (SSSR count). The van der Waals surface area contributed by atoms with Crippen molar-refractivity contribution >= 4 is 47.0 Å². The van der Waals surface area contributed by atoms with E-state index in [1.54, 1.807) is 6.34 Å². The second-order valence-corrected chi connectivity index (χ2v) is 6.37. The van der Waals surface area contributed by atoms with Crippen LogP contribution in [0.5, 0.6) is 0 Å². The minimum absolute atomic E-state index is 0. The summed E-state index contributed by atoms with van der Waals surface area (Å²) in [7, 11) is 4.06. The van der Waals surface area contributed by atoms with Crippen LogP contribution in [0.1, 0.15) is 5.56 Å². The van der Waals surface area contributed by atoms with Gasteiger partial charge in [0, 0.05) is 12.1 Å². The fraction of sp³-hybridized carbons (Fsp3) is 0.263. The van der Waals surface area contributed by atoms with Crippen LogP contribution in [0.3, 0.4) is 0 Å². The molecule has 7 heteroatoms. The average molecular weight is 369 g/mol. The summed E-state index contributed by atoms with van der Waals surface area (Å²) in [5.74, 6) is 2.33. The fourth-order valence-electron chi connectivity index (χ4n) is 2.89. The molecule has 0 amide bonds. The van der Waals surface area contributed by atoms with Crippen LogP contribution in [0.2, 0.25) is 0 Å². The number of nitrogens with one attached hydrogen (secondary N) is 1. The van der Waals surface area contributed by atoms with Crippen LogP contribution in [0, 0.1) is 0 Å². The molecule has 1 N–H and O–H groups in total. The lowest BCUT2D eigenvalue weighted by atomic mass is 10.1. The molecule has 2 heterocycles. The number of likely N-dealkylation sites (N-methyl/N-ethyl adjacent to an activating group) is 1. The molecule has 0 radical (unpaired) electrons. The summed E-state index contributed by atoms with van der Waals surface area (Å²) >= 11 is 0. The van der Waals surface area contributed by atoms with E-state index in [1.165, 1.54) is 10.8 Å². The highest BCUT2D eigenvalue weighted by Gasteiger charge is 2.31. The summed E-state index contributed by atoms with van der Waals surface area (Å²) < 4.78 is 0. The molecule has 0 fully saturated rings. The van der Waals surface area contributed by atoms with Gasteiger partial charge in [-0.05, 0) is 30.9 Å². The monoisotopic (exact) mass is 368 g/mol. The van der Waals surface area contributed by atoms with Crippen molar-refractivity contribution < 1.29 is 0 Å². The van der Waals surface area contributed by atoms with Gasteiger partial charge in [-0.2, -0.15) is 0 Å². The first-order chi connectivity index (χ1) is 12.2. The molecule has 6 nitrogen and oxygen atoms in total. The zero-order chi connectivity index (χ0) is 17.2. The van der Waals surface area contributed by atoms with Crippen molar-refractivity contribution in [3.05, 3.63) is 48.0 Å². The fourth-order valence-corrected chi connectivity index (χ4v) is 2.89. The van der Waals surface area contributed by atoms with Crippen molar-refractivity contribution in [2.75, 3.05) is 27.2 Å². The third kappa shape index (κ3) is 3.66. The summed E-state index contributed by atoms with van der Waals surface area (Å²) in [4.78, 5) is 20.1. The largest absolute Gasteiger partial charge is 0.326 e. The van der Waals surface area contributed by atoms with Crippen LogP contribution in [-0.4, -0.2) is 62.0 Å². The number of amidine groups is 3. The van der Waals surface area contributed by atoms with Gasteiger partial charge in [-0.15, -0.1) is 12.4 Å². The van der Waals surface area contributed by atoms with Gasteiger partial charge in [0.2, 0.25) is 0 Å². The van der Waals surface area contributed by atoms with Crippen molar-refractivity contribution in [3.8, 4) is 0 Å². The molecule has 2 aromatic carbocycles. The molecule has 0 bridgehead atoms. The van der Waals surface area contributed by atoms with Crippen molar-refractivity contribution in [1.82, 2.24) is 10.2 Å². The summed E-state index contributed by atoms with van der Waals surface area (Å²) in [6.45, 7) is 1.58. The van der Waals surface area contributed by atoms with E-state index in [9.17, 15) is 0 Å². The zero-order valence-electron chi connectivity index (χ0n) is 14.8. The first-order valence-electron chi connectivity index (χ1n) is 8.34. The van der Waals surface area contributed by atoms with Gasteiger partial charge in [0.25, 0.3) is 0 Å². The van der Waals surface area contributed by atoms with Crippen LogP contribution >= 0.6 is 12.4 Å². The Labute approximate surface area is 158 Å². The van der Waals surface area contributed by atoms with Crippen molar-refractivity contribution in [1.29, 1.82) is 0 Å². The molecule has 0 aliphatic carbocycles. The van der Waals surface area contributed by atoms with Crippen molar-refractivity contribution in [2.45, 2.75) is 6.04 Å². The Bertz CT molecular complexity index is 929. The Hall–Kier alpha value is -2.57. The SMILES string of the molecule is CN(C)CCN=C1N=CN=C2NC(c3ccc4ccccc4c3)=NC12.Cl. The average Bonchev–Trinajstić information content (AvgIpc) is 3.06. The third-order valence-electron chi connectivity index (χ3n) is 4.24. The Morgan fingerprint density at radius 2 is 1.92 bits per heavy atom. The van der Waals surface area contributed by atoms with Crippen LogP contribution in [-0.2, 0) is 0 Å². The van der Waals surface area contributed by atoms with Gasteiger partial charge >= 0.3 is 0 Å². The summed E-state index contributed by atoms with van der Waals surface area (Å²) in [6, 6.07) is 14.4. The molecule has 2 aliphatic heterocycles. The van der Waals surface area contributed by atoms with Crippen LogP contribution in [0.4, 0.5) is 0 Å². The number of nitrogens with zero attached hydrogens (tertiary/aromatic N) is 5. The predicted octanol–water partition coefficient (Wildman–Crippen LogP) is 2.38. The number of hydrogen-bond acceptors (Lipinski definition) is 5. The summed E-state index contributed by atoms with van der Waals surface area (Å²) in [5.41, 5.74) is 1.04. The van der Waals surface area contributed by atoms with E-state index in [-0.39, 0.29) is 18.4 Å².